The number of hydrogen-bond acceptors (Lipinski definition) is 4. The molecule has 0 aromatic heterocycles. The highest BCUT2D eigenvalue weighted by Gasteiger charge is 2.46. The molecule has 27 heavy (non-hydrogen) atoms. The van der Waals surface area contributed by atoms with Crippen molar-refractivity contribution in [1.82, 2.24) is 15.5 Å². The number of carbonyl (C=O) groups is 1. The number of benzene rings is 1. The number of rotatable bonds is 5. The average Bonchev–Trinajstić information content (AvgIpc) is 2.69. The summed E-state index contributed by atoms with van der Waals surface area (Å²) < 4.78 is 5.22. The zero-order chi connectivity index (χ0) is 18.7. The first kappa shape index (κ1) is 18.8. The molecule has 1 aromatic carbocycles. The molecule has 1 amide bonds. The lowest BCUT2D eigenvalue weighted by atomic mass is 9.60. The monoisotopic (exact) mass is 371 g/mol. The van der Waals surface area contributed by atoms with E-state index in [0.29, 0.717) is 17.0 Å². The van der Waals surface area contributed by atoms with Crippen molar-refractivity contribution in [2.24, 2.45) is 11.3 Å². The molecule has 0 unspecified atom stereocenters. The van der Waals surface area contributed by atoms with Crippen molar-refractivity contribution in [3.8, 4) is 5.75 Å². The minimum absolute atomic E-state index is 0.0251. The molecule has 0 radical (unpaired) electrons. The highest BCUT2D eigenvalue weighted by Crippen LogP contribution is 2.49. The van der Waals surface area contributed by atoms with Crippen LogP contribution in [0.4, 0.5) is 0 Å². The fourth-order valence-electron chi connectivity index (χ4n) is 5.17. The third-order valence-corrected chi connectivity index (χ3v) is 6.92. The zero-order valence-electron chi connectivity index (χ0n) is 16.5. The van der Waals surface area contributed by atoms with Crippen molar-refractivity contribution in [3.05, 3.63) is 29.8 Å². The lowest BCUT2D eigenvalue weighted by Gasteiger charge is -2.52. The molecule has 1 saturated carbocycles. The Kier molecular flexibility index (Phi) is 5.69. The summed E-state index contributed by atoms with van der Waals surface area (Å²) in [5.41, 5.74) is 1.17. The molecule has 0 atom stereocenters. The van der Waals surface area contributed by atoms with Crippen LogP contribution in [-0.4, -0.2) is 56.7 Å². The summed E-state index contributed by atoms with van der Waals surface area (Å²) in [6, 6.07) is 7.73. The van der Waals surface area contributed by atoms with Gasteiger partial charge in [-0.3, -0.25) is 4.79 Å². The van der Waals surface area contributed by atoms with E-state index in [4.69, 9.17) is 4.74 Å². The van der Waals surface area contributed by atoms with E-state index in [0.717, 1.165) is 24.5 Å². The van der Waals surface area contributed by atoms with Crippen LogP contribution in [0.3, 0.4) is 0 Å². The lowest BCUT2D eigenvalue weighted by Crippen LogP contribution is -2.55. The minimum atomic E-state index is 0.0251. The molecule has 2 heterocycles. The second-order valence-corrected chi connectivity index (χ2v) is 8.80. The SMILES string of the molecule is COc1cccc(C(=O)NC2CC3(CCN(CC4CCNCC4)CC3)C2)c1. The molecule has 2 N–H and O–H groups in total. The topological polar surface area (TPSA) is 53.6 Å². The number of ether oxygens (including phenoxy) is 1. The Bertz CT molecular complexity index is 641. The number of piperidine rings is 2. The average molecular weight is 372 g/mol. The second kappa shape index (κ2) is 8.19. The Morgan fingerprint density at radius 1 is 1.26 bits per heavy atom. The van der Waals surface area contributed by atoms with Gasteiger partial charge in [-0.1, -0.05) is 6.07 Å². The third kappa shape index (κ3) is 4.46. The van der Waals surface area contributed by atoms with Gasteiger partial charge in [-0.25, -0.2) is 0 Å². The van der Waals surface area contributed by atoms with Gasteiger partial charge in [0.2, 0.25) is 0 Å². The Morgan fingerprint density at radius 2 is 2.00 bits per heavy atom. The molecule has 3 fully saturated rings. The fourth-order valence-corrected chi connectivity index (χ4v) is 5.17. The van der Waals surface area contributed by atoms with Crippen LogP contribution >= 0.6 is 0 Å². The van der Waals surface area contributed by atoms with Gasteiger partial charge in [-0.2, -0.15) is 0 Å². The predicted octanol–water partition coefficient (Wildman–Crippen LogP) is 2.67. The highest BCUT2D eigenvalue weighted by molar-refractivity contribution is 5.94. The first-order chi connectivity index (χ1) is 13.2. The summed E-state index contributed by atoms with van der Waals surface area (Å²) >= 11 is 0. The van der Waals surface area contributed by atoms with Gasteiger partial charge in [0.1, 0.15) is 5.75 Å². The van der Waals surface area contributed by atoms with Crippen LogP contribution < -0.4 is 15.4 Å². The van der Waals surface area contributed by atoms with Gasteiger partial charge in [0.25, 0.3) is 5.91 Å². The first-order valence-corrected chi connectivity index (χ1v) is 10.5. The number of likely N-dealkylation sites (tertiary alicyclic amines) is 1. The number of carbonyl (C=O) groups excluding carboxylic acids is 1. The molecule has 148 valence electrons. The largest absolute Gasteiger partial charge is 0.497 e. The highest BCUT2D eigenvalue weighted by atomic mass is 16.5. The molecule has 3 aliphatic rings. The Labute approximate surface area is 162 Å². The summed E-state index contributed by atoms with van der Waals surface area (Å²) in [6.07, 6.45) is 7.54. The molecule has 5 heteroatoms. The molecular weight excluding hydrogens is 338 g/mol. The van der Waals surface area contributed by atoms with Crippen molar-refractivity contribution in [2.75, 3.05) is 39.8 Å². The van der Waals surface area contributed by atoms with Gasteiger partial charge in [-0.15, -0.1) is 0 Å². The van der Waals surface area contributed by atoms with Crippen molar-refractivity contribution < 1.29 is 9.53 Å². The standard InChI is InChI=1S/C22H33N3O2/c1-27-20-4-2-3-18(13-20)21(26)24-19-14-22(15-19)7-11-25(12-8-22)16-17-5-9-23-10-6-17/h2-4,13,17,19,23H,5-12,14-16H2,1H3,(H,24,26). The number of nitrogens with one attached hydrogen (secondary N) is 2. The maximum Gasteiger partial charge on any atom is 0.251 e. The second-order valence-electron chi connectivity index (χ2n) is 8.80. The number of hydrogen-bond donors (Lipinski definition) is 2. The van der Waals surface area contributed by atoms with E-state index in [9.17, 15) is 4.79 Å². The van der Waals surface area contributed by atoms with Gasteiger partial charge in [-0.05, 0) is 94.2 Å². The zero-order valence-corrected chi connectivity index (χ0v) is 16.5. The third-order valence-electron chi connectivity index (χ3n) is 6.92. The van der Waals surface area contributed by atoms with Crippen LogP contribution in [0.15, 0.2) is 24.3 Å². The predicted molar refractivity (Wildman–Crippen MR) is 107 cm³/mol. The first-order valence-electron chi connectivity index (χ1n) is 10.5. The maximum absolute atomic E-state index is 12.5. The van der Waals surface area contributed by atoms with E-state index in [1.54, 1.807) is 7.11 Å². The molecule has 1 aliphatic carbocycles. The van der Waals surface area contributed by atoms with Gasteiger partial charge < -0.3 is 20.3 Å². The molecule has 1 aromatic rings. The van der Waals surface area contributed by atoms with Crippen LogP contribution in [0.2, 0.25) is 0 Å². The molecule has 0 bridgehead atoms. The molecule has 1 spiro atoms. The Hall–Kier alpha value is -1.59. The Morgan fingerprint density at radius 3 is 2.70 bits per heavy atom. The quantitative estimate of drug-likeness (QED) is 0.836. The van der Waals surface area contributed by atoms with Crippen LogP contribution in [0, 0.1) is 11.3 Å². The molecule has 5 nitrogen and oxygen atoms in total. The molecule has 2 aliphatic heterocycles. The molecular formula is C22H33N3O2. The van der Waals surface area contributed by atoms with E-state index in [1.807, 2.05) is 24.3 Å². The number of nitrogens with zero attached hydrogens (tertiary/aromatic N) is 1. The smallest absolute Gasteiger partial charge is 0.251 e. The van der Waals surface area contributed by atoms with E-state index in [-0.39, 0.29) is 5.91 Å². The van der Waals surface area contributed by atoms with Crippen LogP contribution in [0.25, 0.3) is 0 Å². The van der Waals surface area contributed by atoms with Crippen molar-refractivity contribution >= 4 is 5.91 Å². The fraction of sp³-hybridized carbons (Fsp3) is 0.682. The van der Waals surface area contributed by atoms with Crippen molar-refractivity contribution in [2.45, 2.75) is 44.6 Å². The van der Waals surface area contributed by atoms with Gasteiger partial charge in [0.15, 0.2) is 0 Å². The van der Waals surface area contributed by atoms with Crippen LogP contribution in [0.1, 0.15) is 48.9 Å². The van der Waals surface area contributed by atoms with Crippen LogP contribution in [-0.2, 0) is 0 Å². The number of amides is 1. The summed E-state index contributed by atoms with van der Waals surface area (Å²) in [5, 5.41) is 6.68. The normalized spacial score (nSPS) is 23.7. The molecule has 2 saturated heterocycles. The van der Waals surface area contributed by atoms with Gasteiger partial charge >= 0.3 is 0 Å². The van der Waals surface area contributed by atoms with E-state index in [2.05, 4.69) is 15.5 Å². The summed E-state index contributed by atoms with van der Waals surface area (Å²) in [7, 11) is 1.63. The van der Waals surface area contributed by atoms with E-state index in [1.165, 1.54) is 58.4 Å². The molecule has 4 rings (SSSR count). The van der Waals surface area contributed by atoms with Crippen molar-refractivity contribution in [3.63, 3.8) is 0 Å². The van der Waals surface area contributed by atoms with Gasteiger partial charge in [0, 0.05) is 18.2 Å². The van der Waals surface area contributed by atoms with Crippen molar-refractivity contribution in [1.29, 1.82) is 0 Å². The van der Waals surface area contributed by atoms with Gasteiger partial charge in [0.05, 0.1) is 7.11 Å². The van der Waals surface area contributed by atoms with E-state index >= 15 is 0 Å². The number of methoxy groups -OCH3 is 1. The van der Waals surface area contributed by atoms with Crippen LogP contribution in [0.5, 0.6) is 5.75 Å². The summed E-state index contributed by atoms with van der Waals surface area (Å²) in [4.78, 5) is 15.2. The maximum atomic E-state index is 12.5. The minimum Gasteiger partial charge on any atom is -0.497 e. The lowest BCUT2D eigenvalue weighted by molar-refractivity contribution is 0.00176. The Balaban J connectivity index is 1.21. The van der Waals surface area contributed by atoms with E-state index < -0.39 is 0 Å². The summed E-state index contributed by atoms with van der Waals surface area (Å²) in [6.45, 7) is 6.14. The summed E-state index contributed by atoms with van der Waals surface area (Å²) in [5.74, 6) is 1.64.